The second kappa shape index (κ2) is 20.5. The van der Waals surface area contributed by atoms with E-state index in [-0.39, 0.29) is 49.7 Å². The molecule has 0 unspecified atom stereocenters. The highest BCUT2D eigenvalue weighted by molar-refractivity contribution is 6.02. The second-order valence-corrected chi connectivity index (χ2v) is 14.5. The first kappa shape index (κ1) is 45.4. The van der Waals surface area contributed by atoms with Gasteiger partial charge < -0.3 is 36.4 Å². The third-order valence-electron chi connectivity index (χ3n) is 9.63. The highest BCUT2D eigenvalue weighted by Crippen LogP contribution is 2.35. The molecule has 4 aromatic carbocycles. The van der Waals surface area contributed by atoms with Crippen LogP contribution in [0.1, 0.15) is 71.8 Å². The molecule has 1 saturated heterocycles. The zero-order valence-corrected chi connectivity index (χ0v) is 34.7. The summed E-state index contributed by atoms with van der Waals surface area (Å²) in [4.78, 5) is 75.8. The highest BCUT2D eigenvalue weighted by atomic mass is 16.7. The zero-order chi connectivity index (χ0) is 43.6. The van der Waals surface area contributed by atoms with Crippen molar-refractivity contribution in [3.8, 4) is 44.8 Å². The summed E-state index contributed by atoms with van der Waals surface area (Å²) in [5.74, 6) is -1.56. The molecule has 1 aliphatic heterocycles. The molecule has 7 rings (SSSR count). The lowest BCUT2D eigenvalue weighted by atomic mass is 9.98. The van der Waals surface area contributed by atoms with Crippen LogP contribution in [0.3, 0.4) is 0 Å². The lowest BCUT2D eigenvalue weighted by molar-refractivity contribution is -0.197. The third kappa shape index (κ3) is 11.1. The fourth-order valence-electron chi connectivity index (χ4n) is 6.65. The minimum Gasteiger partial charge on any atom is -0.370 e. The van der Waals surface area contributed by atoms with Gasteiger partial charge in [-0.25, -0.2) is 4.79 Å². The van der Waals surface area contributed by atoms with Crippen LogP contribution in [0.4, 0.5) is 0 Å². The van der Waals surface area contributed by atoms with E-state index in [0.717, 1.165) is 44.8 Å². The van der Waals surface area contributed by atoms with Gasteiger partial charge in [0.05, 0.1) is 17.5 Å². The fourth-order valence-corrected chi connectivity index (χ4v) is 6.65. The number of nitrogens with zero attached hydrogens (tertiary/aromatic N) is 3. The van der Waals surface area contributed by atoms with Gasteiger partial charge in [0.15, 0.2) is 0 Å². The van der Waals surface area contributed by atoms with Crippen LogP contribution in [0.5, 0.6) is 0 Å². The smallest absolute Gasteiger partial charge is 0.335 e. The Morgan fingerprint density at radius 1 is 0.629 bits per heavy atom. The van der Waals surface area contributed by atoms with E-state index in [4.69, 9.17) is 19.6 Å². The molecule has 0 radical (unpaired) electrons. The lowest BCUT2D eigenvalue weighted by Gasteiger charge is -2.16. The van der Waals surface area contributed by atoms with Crippen molar-refractivity contribution in [2.45, 2.75) is 65.5 Å². The summed E-state index contributed by atoms with van der Waals surface area (Å²) in [6.45, 7) is 7.07. The van der Waals surface area contributed by atoms with Gasteiger partial charge in [-0.05, 0) is 63.1 Å². The molecule has 1 aliphatic rings. The van der Waals surface area contributed by atoms with Crippen molar-refractivity contribution >= 4 is 35.5 Å². The molecule has 1 fully saturated rings. The molecule has 5 amide bonds. The van der Waals surface area contributed by atoms with Gasteiger partial charge in [-0.1, -0.05) is 95.2 Å². The molecule has 2 aromatic heterocycles. The van der Waals surface area contributed by atoms with Crippen molar-refractivity contribution < 1.29 is 42.7 Å². The number of aryl methyl sites for hydroxylation is 2. The number of carbonyl (C=O) groups excluding carboxylic acids is 6. The molecule has 16 heteroatoms. The van der Waals surface area contributed by atoms with Crippen LogP contribution >= 0.6 is 0 Å². The van der Waals surface area contributed by atoms with E-state index in [0.29, 0.717) is 27.7 Å². The van der Waals surface area contributed by atoms with Gasteiger partial charge in [-0.15, -0.1) is 5.06 Å². The average molecular weight is 842 g/mol. The Balaban J connectivity index is 0.000000236. The van der Waals surface area contributed by atoms with E-state index >= 15 is 0 Å². The van der Waals surface area contributed by atoms with Crippen molar-refractivity contribution in [2.24, 2.45) is 5.73 Å². The van der Waals surface area contributed by atoms with Crippen LogP contribution in [0.25, 0.3) is 44.8 Å². The molecule has 7 N–H and O–H groups in total. The monoisotopic (exact) mass is 841 g/mol. The number of nitrogens with one attached hydrogen (secondary N) is 2. The van der Waals surface area contributed by atoms with Crippen molar-refractivity contribution in [1.82, 2.24) is 32.2 Å². The molecule has 0 bridgehead atoms. The Morgan fingerprint density at radius 2 is 1.02 bits per heavy atom. The number of carbonyl (C=O) groups is 6. The summed E-state index contributed by atoms with van der Waals surface area (Å²) in [6.07, 6.45) is -0.0450. The molecule has 62 heavy (non-hydrogen) atoms. The normalized spacial score (nSPS) is 12.9. The van der Waals surface area contributed by atoms with E-state index < -0.39 is 29.7 Å². The van der Waals surface area contributed by atoms with Crippen LogP contribution in [0.15, 0.2) is 118 Å². The van der Waals surface area contributed by atoms with Gasteiger partial charge in [0, 0.05) is 53.6 Å². The molecule has 3 heterocycles. The van der Waals surface area contributed by atoms with Crippen LogP contribution in [-0.2, 0) is 24.0 Å². The number of hydrogen-bond acceptors (Lipinski definition) is 12. The molecule has 320 valence electrons. The maximum atomic E-state index is 12.6. The summed E-state index contributed by atoms with van der Waals surface area (Å²) in [5, 5.41) is 14.3. The number of aromatic nitrogens is 2. The van der Waals surface area contributed by atoms with Crippen LogP contribution in [0.2, 0.25) is 0 Å². The largest absolute Gasteiger partial charge is 0.370 e. The molecule has 0 saturated carbocycles. The average Bonchev–Trinajstić information content (AvgIpc) is 3.93. The number of imide groups is 1. The first-order valence-electron chi connectivity index (χ1n) is 19.5. The van der Waals surface area contributed by atoms with Gasteiger partial charge in [0.1, 0.15) is 22.9 Å². The molecule has 0 spiro atoms. The van der Waals surface area contributed by atoms with Crippen molar-refractivity contribution in [3.05, 3.63) is 132 Å². The fraction of sp³-hybridized carbons (Fsp3) is 0.217. The number of amides is 5. The minimum absolute atomic E-state index is 0. The predicted molar refractivity (Wildman–Crippen MR) is 229 cm³/mol. The first-order chi connectivity index (χ1) is 29.3. The van der Waals surface area contributed by atoms with Crippen molar-refractivity contribution in [2.75, 3.05) is 0 Å². The molecule has 0 aliphatic carbocycles. The highest BCUT2D eigenvalue weighted by Gasteiger charge is 2.33. The van der Waals surface area contributed by atoms with Gasteiger partial charge in [0.2, 0.25) is 5.91 Å². The van der Waals surface area contributed by atoms with Crippen molar-refractivity contribution in [3.63, 3.8) is 0 Å². The van der Waals surface area contributed by atoms with Crippen LogP contribution in [-0.4, -0.2) is 63.0 Å². The lowest BCUT2D eigenvalue weighted by Crippen LogP contribution is -2.37. The summed E-state index contributed by atoms with van der Waals surface area (Å²) in [6, 6.07) is 32.8. The first-order valence-corrected chi connectivity index (χ1v) is 19.5. The second-order valence-electron chi connectivity index (χ2n) is 14.5. The Kier molecular flexibility index (Phi) is 15.0. The molecular formula is C46H47N7O9. The predicted octanol–water partition coefficient (Wildman–Crippen LogP) is 6.91. The Hall–Kier alpha value is -7.72. The van der Waals surface area contributed by atoms with Crippen LogP contribution in [0, 0.1) is 13.8 Å². The number of hydrogen-bond donors (Lipinski definition) is 4. The van der Waals surface area contributed by atoms with E-state index in [9.17, 15) is 28.8 Å². The van der Waals surface area contributed by atoms with Crippen LogP contribution < -0.4 is 22.5 Å². The maximum Gasteiger partial charge on any atom is 0.335 e. The third-order valence-corrected chi connectivity index (χ3v) is 9.63. The molecule has 16 nitrogen and oxygen atoms in total. The number of benzene rings is 4. The Morgan fingerprint density at radius 3 is 1.40 bits per heavy atom. The Labute approximate surface area is 357 Å². The summed E-state index contributed by atoms with van der Waals surface area (Å²) < 4.78 is 10.8. The number of rotatable bonds is 13. The van der Waals surface area contributed by atoms with Gasteiger partial charge in [0.25, 0.3) is 23.6 Å². The SMILES string of the molecule is Cc1onc(-c2ccccc2)c1-c1ccc(C(=O)N[C@H](C)CC(=O)ON2C(=O)CCC2=O)cc1.Cc1onc(-c2ccccc2)c1-c1ccc(C(=O)N[C@H](C)CC(N)=O)cc1.N. The minimum atomic E-state index is -0.775. The van der Waals surface area contributed by atoms with E-state index in [1.807, 2.05) is 98.8 Å². The number of primary amides is 1. The summed E-state index contributed by atoms with van der Waals surface area (Å²) >= 11 is 0. The summed E-state index contributed by atoms with van der Waals surface area (Å²) in [7, 11) is 0. The summed E-state index contributed by atoms with van der Waals surface area (Å²) in [5.41, 5.74) is 12.9. The van der Waals surface area contributed by atoms with E-state index in [2.05, 4.69) is 20.9 Å². The zero-order valence-electron chi connectivity index (χ0n) is 34.7. The maximum absolute atomic E-state index is 12.6. The Bertz CT molecular complexity index is 2520. The number of nitrogens with two attached hydrogens (primary N) is 1. The van der Waals surface area contributed by atoms with E-state index in [1.165, 1.54) is 0 Å². The number of hydroxylamine groups is 2. The topological polar surface area (TPSA) is 252 Å². The standard InChI is InChI=1S/C25H23N3O6.C21H21N3O3.H3N/c1-15(14-22(31)34-28-20(29)12-13-21(28)30)26-25(32)19-10-8-17(9-11-19)23-16(2)33-27-24(23)18-6-4-3-5-7-18;1-13(12-18(22)25)23-21(26)17-10-8-15(9-11-17)19-14(2)27-24-20(19)16-6-4-3-5-7-16;/h3-11,15H,12-14H2,1-2H3,(H,26,32);3-11,13H,12H2,1-2H3,(H2,22,25)(H,23,26);1H3/t15-;13-;/m11./s1. The van der Waals surface area contributed by atoms with Gasteiger partial charge >= 0.3 is 5.97 Å². The van der Waals surface area contributed by atoms with Crippen molar-refractivity contribution in [1.29, 1.82) is 0 Å². The molecule has 2 atom stereocenters. The quantitative estimate of drug-likeness (QED) is 0.0866. The van der Waals surface area contributed by atoms with Gasteiger partial charge in [-0.2, -0.15) is 0 Å². The van der Waals surface area contributed by atoms with E-state index in [1.54, 1.807) is 38.1 Å². The molecular weight excluding hydrogens is 795 g/mol. The molecule has 6 aromatic rings. The van der Waals surface area contributed by atoms with Gasteiger partial charge in [-0.3, -0.25) is 24.0 Å².